The number of nitrogens with zero attached hydrogens (tertiary/aromatic N) is 1. The van der Waals surface area contributed by atoms with Gasteiger partial charge >= 0.3 is 5.97 Å². The molecule has 0 unspecified atom stereocenters. The van der Waals surface area contributed by atoms with Gasteiger partial charge in [-0.25, -0.2) is 4.79 Å². The molecule has 0 aliphatic rings. The summed E-state index contributed by atoms with van der Waals surface area (Å²) in [6.07, 6.45) is 7.39. The maximum absolute atomic E-state index is 11.5. The predicted octanol–water partition coefficient (Wildman–Crippen LogP) is 3.01. The number of hydrogen-bond donors (Lipinski definition) is 0. The van der Waals surface area contributed by atoms with Crippen LogP contribution in [0, 0.1) is 0 Å². The van der Waals surface area contributed by atoms with E-state index in [9.17, 15) is 4.79 Å². The van der Waals surface area contributed by atoms with Crippen molar-refractivity contribution in [1.82, 2.24) is 4.90 Å². The third-order valence-electron chi connectivity index (χ3n) is 2.58. The van der Waals surface area contributed by atoms with Gasteiger partial charge in [0.1, 0.15) is 0 Å². The SMILES string of the molecule is CCCCCCOC(=O)C(C)=CCCN(C)C. The van der Waals surface area contributed by atoms with E-state index in [1.54, 1.807) is 0 Å². The molecule has 0 saturated carbocycles. The van der Waals surface area contributed by atoms with Crippen molar-refractivity contribution in [1.29, 1.82) is 0 Å². The van der Waals surface area contributed by atoms with Crippen LogP contribution in [0.25, 0.3) is 0 Å². The molecule has 3 heteroatoms. The Morgan fingerprint density at radius 3 is 2.53 bits per heavy atom. The van der Waals surface area contributed by atoms with Gasteiger partial charge in [0.25, 0.3) is 0 Å². The van der Waals surface area contributed by atoms with Gasteiger partial charge in [-0.05, 0) is 33.9 Å². The Hall–Kier alpha value is -0.830. The fourth-order valence-electron chi connectivity index (χ4n) is 1.43. The summed E-state index contributed by atoms with van der Waals surface area (Å²) in [7, 11) is 4.05. The van der Waals surface area contributed by atoms with Gasteiger partial charge in [-0.15, -0.1) is 0 Å². The summed E-state index contributed by atoms with van der Waals surface area (Å²) in [5, 5.41) is 0. The van der Waals surface area contributed by atoms with Crippen molar-refractivity contribution in [3.63, 3.8) is 0 Å². The third-order valence-corrected chi connectivity index (χ3v) is 2.58. The molecule has 3 nitrogen and oxygen atoms in total. The second-order valence-corrected chi connectivity index (χ2v) is 4.68. The van der Waals surface area contributed by atoms with Crippen molar-refractivity contribution in [3.05, 3.63) is 11.6 Å². The predicted molar refractivity (Wildman–Crippen MR) is 72.0 cm³/mol. The van der Waals surface area contributed by atoms with Crippen LogP contribution in [0.5, 0.6) is 0 Å². The number of carbonyl (C=O) groups excluding carboxylic acids is 1. The average Bonchev–Trinajstić information content (AvgIpc) is 2.27. The van der Waals surface area contributed by atoms with Crippen molar-refractivity contribution in [2.24, 2.45) is 0 Å². The van der Waals surface area contributed by atoms with Crippen molar-refractivity contribution in [2.75, 3.05) is 27.2 Å². The van der Waals surface area contributed by atoms with Crippen LogP contribution in [0.3, 0.4) is 0 Å². The molecule has 0 aromatic rings. The van der Waals surface area contributed by atoms with Gasteiger partial charge in [0.2, 0.25) is 0 Å². The maximum atomic E-state index is 11.5. The largest absolute Gasteiger partial charge is 0.462 e. The topological polar surface area (TPSA) is 29.5 Å². The first-order chi connectivity index (χ1) is 8.07. The van der Waals surface area contributed by atoms with E-state index in [2.05, 4.69) is 11.8 Å². The van der Waals surface area contributed by atoms with E-state index in [0.29, 0.717) is 6.61 Å². The van der Waals surface area contributed by atoms with E-state index in [1.165, 1.54) is 12.8 Å². The molecular formula is C14H27NO2. The molecule has 0 atom stereocenters. The highest BCUT2D eigenvalue weighted by atomic mass is 16.5. The summed E-state index contributed by atoms with van der Waals surface area (Å²) >= 11 is 0. The zero-order valence-electron chi connectivity index (χ0n) is 11.8. The molecule has 0 saturated heterocycles. The fraction of sp³-hybridized carbons (Fsp3) is 0.786. The second kappa shape index (κ2) is 10.3. The van der Waals surface area contributed by atoms with Crippen LogP contribution in [-0.4, -0.2) is 38.1 Å². The van der Waals surface area contributed by atoms with Gasteiger partial charge in [-0.2, -0.15) is 0 Å². The third kappa shape index (κ3) is 10.1. The lowest BCUT2D eigenvalue weighted by Crippen LogP contribution is -2.13. The summed E-state index contributed by atoms with van der Waals surface area (Å²) in [6.45, 7) is 5.51. The van der Waals surface area contributed by atoms with E-state index >= 15 is 0 Å². The molecule has 0 fully saturated rings. The lowest BCUT2D eigenvalue weighted by Gasteiger charge is -2.07. The van der Waals surface area contributed by atoms with Crippen LogP contribution in [-0.2, 0) is 9.53 Å². The van der Waals surface area contributed by atoms with Gasteiger partial charge < -0.3 is 9.64 Å². The van der Waals surface area contributed by atoms with E-state index < -0.39 is 0 Å². The molecule has 0 amide bonds. The standard InChI is InChI=1S/C14H27NO2/c1-5-6-7-8-12-17-14(16)13(2)10-9-11-15(3)4/h10H,5-9,11-12H2,1-4H3. The number of hydrogen-bond acceptors (Lipinski definition) is 3. The number of rotatable bonds is 9. The van der Waals surface area contributed by atoms with Crippen LogP contribution >= 0.6 is 0 Å². The smallest absolute Gasteiger partial charge is 0.333 e. The second-order valence-electron chi connectivity index (χ2n) is 4.68. The summed E-state index contributed by atoms with van der Waals surface area (Å²) in [6, 6.07) is 0. The van der Waals surface area contributed by atoms with Gasteiger partial charge in [0, 0.05) is 12.1 Å². The van der Waals surface area contributed by atoms with Gasteiger partial charge in [-0.1, -0.05) is 32.3 Å². The van der Waals surface area contributed by atoms with Crippen molar-refractivity contribution < 1.29 is 9.53 Å². The molecule has 0 N–H and O–H groups in total. The quantitative estimate of drug-likeness (QED) is 0.353. The highest BCUT2D eigenvalue weighted by Crippen LogP contribution is 2.03. The van der Waals surface area contributed by atoms with Crippen LogP contribution < -0.4 is 0 Å². The molecule has 0 aromatic carbocycles. The van der Waals surface area contributed by atoms with Gasteiger partial charge in [0.15, 0.2) is 0 Å². The van der Waals surface area contributed by atoms with Crippen LogP contribution in [0.2, 0.25) is 0 Å². The average molecular weight is 241 g/mol. The first-order valence-corrected chi connectivity index (χ1v) is 6.56. The lowest BCUT2D eigenvalue weighted by atomic mass is 10.2. The first-order valence-electron chi connectivity index (χ1n) is 6.56. The number of carbonyl (C=O) groups is 1. The minimum Gasteiger partial charge on any atom is -0.462 e. The van der Waals surface area contributed by atoms with E-state index in [4.69, 9.17) is 4.74 Å². The lowest BCUT2D eigenvalue weighted by molar-refractivity contribution is -0.139. The molecule has 0 spiro atoms. The Kier molecular flexibility index (Phi) is 9.83. The summed E-state index contributed by atoms with van der Waals surface area (Å²) in [5.41, 5.74) is 0.724. The van der Waals surface area contributed by atoms with E-state index in [-0.39, 0.29) is 5.97 Å². The molecular weight excluding hydrogens is 214 g/mol. The summed E-state index contributed by atoms with van der Waals surface area (Å²) < 4.78 is 5.19. The van der Waals surface area contributed by atoms with Crippen LogP contribution in [0.4, 0.5) is 0 Å². The maximum Gasteiger partial charge on any atom is 0.333 e. The van der Waals surface area contributed by atoms with Crippen LogP contribution in [0.15, 0.2) is 11.6 Å². The first kappa shape index (κ1) is 16.2. The molecule has 0 aliphatic carbocycles. The van der Waals surface area contributed by atoms with E-state index in [1.807, 2.05) is 27.1 Å². The summed E-state index contributed by atoms with van der Waals surface area (Å²) in [5.74, 6) is -0.166. The minimum absolute atomic E-state index is 0.166. The Labute approximate surface area is 106 Å². The van der Waals surface area contributed by atoms with Crippen molar-refractivity contribution in [3.8, 4) is 0 Å². The monoisotopic (exact) mass is 241 g/mol. The minimum atomic E-state index is -0.166. The normalized spacial score (nSPS) is 11.9. The fourth-order valence-corrected chi connectivity index (χ4v) is 1.43. The molecule has 0 heterocycles. The number of ether oxygens (including phenoxy) is 1. The van der Waals surface area contributed by atoms with Crippen LogP contribution in [0.1, 0.15) is 46.0 Å². The molecule has 0 radical (unpaired) electrons. The Balaban J connectivity index is 3.66. The van der Waals surface area contributed by atoms with Crippen molar-refractivity contribution >= 4 is 5.97 Å². The zero-order chi connectivity index (χ0) is 13.1. The molecule has 17 heavy (non-hydrogen) atoms. The highest BCUT2D eigenvalue weighted by Gasteiger charge is 2.04. The zero-order valence-corrected chi connectivity index (χ0v) is 11.8. The van der Waals surface area contributed by atoms with Crippen molar-refractivity contribution in [2.45, 2.75) is 46.0 Å². The number of unbranched alkanes of at least 4 members (excludes halogenated alkanes) is 3. The Bertz CT molecular complexity index is 234. The summed E-state index contributed by atoms with van der Waals surface area (Å²) in [4.78, 5) is 13.6. The van der Waals surface area contributed by atoms with Gasteiger partial charge in [0.05, 0.1) is 6.61 Å². The Morgan fingerprint density at radius 2 is 1.94 bits per heavy atom. The molecule has 0 aromatic heterocycles. The Morgan fingerprint density at radius 1 is 1.24 bits per heavy atom. The molecule has 0 aliphatic heterocycles. The molecule has 0 bridgehead atoms. The number of esters is 1. The van der Waals surface area contributed by atoms with Gasteiger partial charge in [-0.3, -0.25) is 0 Å². The molecule has 100 valence electrons. The highest BCUT2D eigenvalue weighted by molar-refractivity contribution is 5.87. The molecule has 0 rings (SSSR count). The van der Waals surface area contributed by atoms with E-state index in [0.717, 1.165) is 31.4 Å².